The molecule has 1 N–H and O–H groups in total. The molecule has 1 unspecified atom stereocenters. The first-order valence-electron chi connectivity index (χ1n) is 7.39. The van der Waals surface area contributed by atoms with Gasteiger partial charge in [-0.3, -0.25) is 0 Å². The lowest BCUT2D eigenvalue weighted by molar-refractivity contribution is 0.227. The first-order chi connectivity index (χ1) is 9.20. The van der Waals surface area contributed by atoms with Gasteiger partial charge in [-0.2, -0.15) is 0 Å². The van der Waals surface area contributed by atoms with Crippen LogP contribution in [0.1, 0.15) is 46.1 Å². The molecule has 1 aromatic carbocycles. The van der Waals surface area contributed by atoms with Gasteiger partial charge in [0.2, 0.25) is 0 Å². The van der Waals surface area contributed by atoms with E-state index in [1.807, 2.05) is 6.07 Å². The summed E-state index contributed by atoms with van der Waals surface area (Å²) in [6, 6.07) is 4.75. The van der Waals surface area contributed by atoms with Gasteiger partial charge in [-0.1, -0.05) is 24.6 Å². The summed E-state index contributed by atoms with van der Waals surface area (Å²) in [5.41, 5.74) is 1.36. The molecule has 1 aliphatic rings. The third kappa shape index (κ3) is 4.20. The van der Waals surface area contributed by atoms with E-state index in [-0.39, 0.29) is 16.8 Å². The first-order valence-corrected chi connectivity index (χ1v) is 7.76. The standard InChI is InChI=1S/C17H25ClFN/c1-16(2,3)20-11-17(4,13-6-7-13)10-12-5-8-14(19)9-15(12)18/h5,8-9,13,20H,6-7,10-11H2,1-4H3. The SMILES string of the molecule is CC(C)(C)NCC(C)(Cc1ccc(F)cc1Cl)C1CC1. The molecule has 2 rings (SSSR count). The quantitative estimate of drug-likeness (QED) is 0.821. The number of hydrogen-bond acceptors (Lipinski definition) is 1. The van der Waals surface area contributed by atoms with Crippen molar-refractivity contribution in [3.8, 4) is 0 Å². The Bertz CT molecular complexity index is 476. The molecule has 1 nitrogen and oxygen atoms in total. The van der Waals surface area contributed by atoms with Gasteiger partial charge >= 0.3 is 0 Å². The highest BCUT2D eigenvalue weighted by Gasteiger charge is 2.42. The molecular formula is C17H25ClFN. The van der Waals surface area contributed by atoms with Gasteiger partial charge in [-0.05, 0) is 69.1 Å². The molecule has 0 heterocycles. The summed E-state index contributed by atoms with van der Waals surface area (Å²) >= 11 is 6.19. The molecule has 1 atom stereocenters. The Morgan fingerprint density at radius 3 is 2.40 bits per heavy atom. The summed E-state index contributed by atoms with van der Waals surface area (Å²) in [5, 5.41) is 4.17. The zero-order chi connectivity index (χ0) is 15.0. The van der Waals surface area contributed by atoms with Crippen LogP contribution in [0.5, 0.6) is 0 Å². The zero-order valence-corrected chi connectivity index (χ0v) is 13.6. The van der Waals surface area contributed by atoms with Crippen LogP contribution >= 0.6 is 11.6 Å². The average Bonchev–Trinajstić information content (AvgIpc) is 3.14. The molecule has 0 amide bonds. The summed E-state index contributed by atoms with van der Waals surface area (Å²) < 4.78 is 13.2. The lowest BCUT2D eigenvalue weighted by atomic mass is 9.78. The van der Waals surface area contributed by atoms with E-state index in [1.165, 1.54) is 25.0 Å². The van der Waals surface area contributed by atoms with Crippen molar-refractivity contribution in [1.29, 1.82) is 0 Å². The fourth-order valence-corrected chi connectivity index (χ4v) is 2.93. The minimum atomic E-state index is -0.264. The molecule has 0 aliphatic heterocycles. The van der Waals surface area contributed by atoms with E-state index >= 15 is 0 Å². The molecule has 1 aromatic rings. The lowest BCUT2D eigenvalue weighted by Gasteiger charge is -2.34. The summed E-state index contributed by atoms with van der Waals surface area (Å²) in [4.78, 5) is 0. The van der Waals surface area contributed by atoms with E-state index in [2.05, 4.69) is 33.0 Å². The van der Waals surface area contributed by atoms with Crippen molar-refractivity contribution in [2.45, 2.75) is 52.5 Å². The van der Waals surface area contributed by atoms with Crippen LogP contribution in [0.2, 0.25) is 5.02 Å². The zero-order valence-electron chi connectivity index (χ0n) is 12.9. The second-order valence-corrected chi connectivity index (χ2v) is 7.85. The molecule has 1 aliphatic carbocycles. The Balaban J connectivity index is 2.12. The van der Waals surface area contributed by atoms with Crippen molar-refractivity contribution in [3.63, 3.8) is 0 Å². The van der Waals surface area contributed by atoms with Crippen molar-refractivity contribution < 1.29 is 4.39 Å². The van der Waals surface area contributed by atoms with Gasteiger partial charge < -0.3 is 5.32 Å². The predicted octanol–water partition coefficient (Wildman–Crippen LogP) is 4.83. The second-order valence-electron chi connectivity index (χ2n) is 7.44. The van der Waals surface area contributed by atoms with Crippen LogP contribution in [-0.4, -0.2) is 12.1 Å². The normalized spacial score (nSPS) is 18.9. The van der Waals surface area contributed by atoms with E-state index < -0.39 is 0 Å². The van der Waals surface area contributed by atoms with E-state index in [0.717, 1.165) is 24.4 Å². The van der Waals surface area contributed by atoms with E-state index in [4.69, 9.17) is 11.6 Å². The van der Waals surface area contributed by atoms with E-state index in [0.29, 0.717) is 5.02 Å². The largest absolute Gasteiger partial charge is 0.312 e. The van der Waals surface area contributed by atoms with Crippen LogP contribution in [0.4, 0.5) is 4.39 Å². The molecule has 0 bridgehead atoms. The molecule has 20 heavy (non-hydrogen) atoms. The Morgan fingerprint density at radius 1 is 1.25 bits per heavy atom. The molecule has 0 aromatic heterocycles. The van der Waals surface area contributed by atoms with E-state index in [1.54, 1.807) is 0 Å². The second kappa shape index (κ2) is 5.65. The molecule has 0 spiro atoms. The molecule has 112 valence electrons. The van der Waals surface area contributed by atoms with Crippen molar-refractivity contribution in [2.75, 3.05) is 6.54 Å². The third-order valence-corrected chi connectivity index (χ3v) is 4.55. The van der Waals surface area contributed by atoms with E-state index in [9.17, 15) is 4.39 Å². The van der Waals surface area contributed by atoms with Crippen LogP contribution in [0.25, 0.3) is 0 Å². The van der Waals surface area contributed by atoms with Crippen molar-refractivity contribution in [1.82, 2.24) is 5.32 Å². The Kier molecular flexibility index (Phi) is 4.46. The lowest BCUT2D eigenvalue weighted by Crippen LogP contribution is -2.44. The fraction of sp³-hybridized carbons (Fsp3) is 0.647. The van der Waals surface area contributed by atoms with Crippen LogP contribution < -0.4 is 5.32 Å². The minimum Gasteiger partial charge on any atom is -0.312 e. The van der Waals surface area contributed by atoms with Crippen LogP contribution in [-0.2, 0) is 6.42 Å². The number of halogens is 2. The summed E-state index contributed by atoms with van der Waals surface area (Å²) in [6.45, 7) is 9.85. The third-order valence-electron chi connectivity index (χ3n) is 4.19. The molecule has 0 saturated heterocycles. The number of hydrogen-bond donors (Lipinski definition) is 1. The van der Waals surface area contributed by atoms with Gasteiger partial charge in [0.1, 0.15) is 5.82 Å². The Labute approximate surface area is 126 Å². The monoisotopic (exact) mass is 297 g/mol. The predicted molar refractivity (Wildman–Crippen MR) is 83.7 cm³/mol. The topological polar surface area (TPSA) is 12.0 Å². The molecule has 1 fully saturated rings. The fourth-order valence-electron chi connectivity index (χ4n) is 2.70. The van der Waals surface area contributed by atoms with Gasteiger partial charge in [0, 0.05) is 17.1 Å². The maximum atomic E-state index is 13.2. The molecule has 3 heteroatoms. The Morgan fingerprint density at radius 2 is 1.90 bits per heavy atom. The Hall–Kier alpha value is -0.600. The van der Waals surface area contributed by atoms with Gasteiger partial charge in [0.25, 0.3) is 0 Å². The van der Waals surface area contributed by atoms with Crippen LogP contribution in [0.15, 0.2) is 18.2 Å². The maximum Gasteiger partial charge on any atom is 0.124 e. The summed E-state index contributed by atoms with van der Waals surface area (Å²) in [6.07, 6.45) is 3.49. The van der Waals surface area contributed by atoms with Crippen molar-refractivity contribution in [2.24, 2.45) is 11.3 Å². The van der Waals surface area contributed by atoms with Crippen molar-refractivity contribution >= 4 is 11.6 Å². The maximum absolute atomic E-state index is 13.2. The van der Waals surface area contributed by atoms with Crippen LogP contribution in [0, 0.1) is 17.2 Å². The number of rotatable bonds is 5. The molecule has 1 saturated carbocycles. The van der Waals surface area contributed by atoms with Crippen molar-refractivity contribution in [3.05, 3.63) is 34.6 Å². The minimum absolute atomic E-state index is 0.114. The first kappa shape index (κ1) is 15.8. The highest BCUT2D eigenvalue weighted by molar-refractivity contribution is 6.31. The average molecular weight is 298 g/mol. The summed E-state index contributed by atoms with van der Waals surface area (Å²) in [5.74, 6) is 0.484. The van der Waals surface area contributed by atoms with Gasteiger partial charge in [-0.15, -0.1) is 0 Å². The number of nitrogens with one attached hydrogen (secondary N) is 1. The molecular weight excluding hydrogens is 273 g/mol. The molecule has 0 radical (unpaired) electrons. The number of benzene rings is 1. The van der Waals surface area contributed by atoms with Gasteiger partial charge in [0.05, 0.1) is 0 Å². The van der Waals surface area contributed by atoms with Gasteiger partial charge in [0.15, 0.2) is 0 Å². The highest BCUT2D eigenvalue weighted by atomic mass is 35.5. The van der Waals surface area contributed by atoms with Crippen LogP contribution in [0.3, 0.4) is 0 Å². The summed E-state index contributed by atoms with van der Waals surface area (Å²) in [7, 11) is 0. The smallest absolute Gasteiger partial charge is 0.124 e. The highest BCUT2D eigenvalue weighted by Crippen LogP contribution is 2.47. The van der Waals surface area contributed by atoms with Gasteiger partial charge in [-0.25, -0.2) is 4.39 Å².